The number of phenols is 2. The highest BCUT2D eigenvalue weighted by Gasteiger charge is 2.12. The molecule has 4 heteroatoms. The molecule has 2 aromatic carbocycles. The molecule has 1 aromatic heterocycles. The van der Waals surface area contributed by atoms with Crippen molar-refractivity contribution in [2.75, 3.05) is 0 Å². The van der Waals surface area contributed by atoms with Gasteiger partial charge in [-0.05, 0) is 12.1 Å². The third-order valence-electron chi connectivity index (χ3n) is 2.52. The van der Waals surface area contributed by atoms with E-state index in [2.05, 4.69) is 4.98 Å². The Hall–Kier alpha value is -2.07. The quantitative estimate of drug-likeness (QED) is 0.644. The van der Waals surface area contributed by atoms with Crippen molar-refractivity contribution in [2.45, 2.75) is 0 Å². The van der Waals surface area contributed by atoms with Gasteiger partial charge < -0.3 is 10.2 Å². The molecule has 0 saturated carbocycles. The number of rotatable bonds is 1. The maximum Gasteiger partial charge on any atom is 0.142 e. The van der Waals surface area contributed by atoms with Crippen molar-refractivity contribution < 1.29 is 10.2 Å². The lowest BCUT2D eigenvalue weighted by Gasteiger charge is -1.94. The van der Waals surface area contributed by atoms with Crippen LogP contribution in [-0.2, 0) is 0 Å². The second-order valence-corrected chi connectivity index (χ2v) is 4.67. The maximum absolute atomic E-state index is 9.72. The number of hydrogen-bond donors (Lipinski definition) is 2. The van der Waals surface area contributed by atoms with Crippen LogP contribution in [0.25, 0.3) is 20.8 Å². The van der Waals surface area contributed by atoms with E-state index < -0.39 is 0 Å². The first-order valence-corrected chi connectivity index (χ1v) is 5.94. The van der Waals surface area contributed by atoms with Crippen LogP contribution >= 0.6 is 11.3 Å². The molecular weight excluding hydrogens is 234 g/mol. The van der Waals surface area contributed by atoms with E-state index in [4.69, 9.17) is 0 Å². The zero-order valence-corrected chi connectivity index (χ0v) is 9.61. The van der Waals surface area contributed by atoms with Crippen LogP contribution in [-0.4, -0.2) is 15.2 Å². The van der Waals surface area contributed by atoms with Crippen LogP contribution in [0, 0.1) is 0 Å². The highest BCUT2D eigenvalue weighted by atomic mass is 32.1. The van der Waals surface area contributed by atoms with Crippen LogP contribution in [0.5, 0.6) is 11.5 Å². The summed E-state index contributed by atoms with van der Waals surface area (Å²) < 4.78 is 0.615. The molecule has 0 unspecified atom stereocenters. The zero-order chi connectivity index (χ0) is 11.8. The zero-order valence-electron chi connectivity index (χ0n) is 8.79. The van der Waals surface area contributed by atoms with Crippen LogP contribution < -0.4 is 0 Å². The Morgan fingerprint density at radius 1 is 0.882 bits per heavy atom. The molecule has 0 fully saturated rings. The van der Waals surface area contributed by atoms with E-state index >= 15 is 0 Å². The second-order valence-electron chi connectivity index (χ2n) is 3.67. The largest absolute Gasteiger partial charge is 0.506 e. The van der Waals surface area contributed by atoms with Gasteiger partial charge in [0, 0.05) is 5.56 Å². The molecule has 0 saturated heterocycles. The van der Waals surface area contributed by atoms with Crippen molar-refractivity contribution in [3.63, 3.8) is 0 Å². The molecular formula is C13H9NO2S. The number of aromatic nitrogens is 1. The number of aromatic hydroxyl groups is 2. The van der Waals surface area contributed by atoms with Crippen LogP contribution in [0.3, 0.4) is 0 Å². The van der Waals surface area contributed by atoms with Gasteiger partial charge in [0.2, 0.25) is 0 Å². The molecule has 3 nitrogen and oxygen atoms in total. The van der Waals surface area contributed by atoms with Gasteiger partial charge in [-0.3, -0.25) is 0 Å². The average Bonchev–Trinajstić information content (AvgIpc) is 2.81. The number of phenolic OH excluding ortho intramolecular Hbond substituents is 2. The third kappa shape index (κ3) is 1.62. The van der Waals surface area contributed by atoms with E-state index in [1.165, 1.54) is 23.5 Å². The number of fused-ring (bicyclic) bond motifs is 1. The molecule has 0 aliphatic rings. The minimum Gasteiger partial charge on any atom is -0.506 e. The molecule has 0 aliphatic heterocycles. The lowest BCUT2D eigenvalue weighted by Crippen LogP contribution is -1.74. The highest BCUT2D eigenvalue weighted by molar-refractivity contribution is 7.22. The fraction of sp³-hybridized carbons (Fsp3) is 0. The standard InChI is InChI=1S/C13H9NO2S/c15-9-6-7-10(16)12-11(9)14-13(17-12)8-4-2-1-3-5-8/h1-7,15-16H. The summed E-state index contributed by atoms with van der Waals surface area (Å²) in [5.41, 5.74) is 1.43. The summed E-state index contributed by atoms with van der Waals surface area (Å²) in [6.07, 6.45) is 0. The van der Waals surface area contributed by atoms with Gasteiger partial charge in [-0.25, -0.2) is 4.98 Å². The Kier molecular flexibility index (Phi) is 2.23. The van der Waals surface area contributed by atoms with Gasteiger partial charge in [-0.1, -0.05) is 30.3 Å². The van der Waals surface area contributed by atoms with Gasteiger partial charge in [0.15, 0.2) is 0 Å². The Bertz CT molecular complexity index is 637. The van der Waals surface area contributed by atoms with E-state index in [1.54, 1.807) is 0 Å². The van der Waals surface area contributed by atoms with Crippen molar-refractivity contribution in [3.05, 3.63) is 42.5 Å². The summed E-state index contributed by atoms with van der Waals surface area (Å²) in [6, 6.07) is 12.6. The van der Waals surface area contributed by atoms with Crippen LogP contribution in [0.2, 0.25) is 0 Å². The fourth-order valence-electron chi connectivity index (χ4n) is 1.68. The smallest absolute Gasteiger partial charge is 0.142 e. The second kappa shape index (κ2) is 3.75. The Morgan fingerprint density at radius 3 is 2.29 bits per heavy atom. The van der Waals surface area contributed by atoms with Crippen LogP contribution in [0.4, 0.5) is 0 Å². The fourth-order valence-corrected chi connectivity index (χ4v) is 2.69. The molecule has 17 heavy (non-hydrogen) atoms. The van der Waals surface area contributed by atoms with Crippen molar-refractivity contribution in [2.24, 2.45) is 0 Å². The third-order valence-corrected chi connectivity index (χ3v) is 3.65. The summed E-state index contributed by atoms with van der Waals surface area (Å²) in [7, 11) is 0. The summed E-state index contributed by atoms with van der Waals surface area (Å²) in [4.78, 5) is 4.35. The lowest BCUT2D eigenvalue weighted by atomic mass is 10.2. The van der Waals surface area contributed by atoms with E-state index in [9.17, 15) is 10.2 Å². The number of nitrogens with zero attached hydrogens (tertiary/aromatic N) is 1. The predicted molar refractivity (Wildman–Crippen MR) is 68.4 cm³/mol. The van der Waals surface area contributed by atoms with Gasteiger partial charge in [-0.15, -0.1) is 11.3 Å². The molecule has 0 bridgehead atoms. The molecule has 0 atom stereocenters. The van der Waals surface area contributed by atoms with Crippen molar-refractivity contribution in [1.82, 2.24) is 4.98 Å². The molecule has 3 aromatic rings. The Morgan fingerprint density at radius 2 is 1.59 bits per heavy atom. The van der Waals surface area contributed by atoms with Gasteiger partial charge in [0.1, 0.15) is 26.7 Å². The van der Waals surface area contributed by atoms with Gasteiger partial charge in [0.25, 0.3) is 0 Å². The molecule has 0 spiro atoms. The highest BCUT2D eigenvalue weighted by Crippen LogP contribution is 2.39. The van der Waals surface area contributed by atoms with Crippen molar-refractivity contribution in [3.8, 4) is 22.1 Å². The molecule has 1 heterocycles. The van der Waals surface area contributed by atoms with E-state index in [0.717, 1.165) is 10.6 Å². The molecule has 3 rings (SSSR count). The van der Waals surface area contributed by atoms with Crippen LogP contribution in [0.15, 0.2) is 42.5 Å². The number of hydrogen-bond acceptors (Lipinski definition) is 4. The first-order valence-electron chi connectivity index (χ1n) is 5.12. The summed E-state index contributed by atoms with van der Waals surface area (Å²) >= 11 is 1.37. The Labute approximate surface area is 102 Å². The number of thiazole rings is 1. The van der Waals surface area contributed by atoms with E-state index in [-0.39, 0.29) is 11.5 Å². The maximum atomic E-state index is 9.72. The van der Waals surface area contributed by atoms with Crippen LogP contribution in [0.1, 0.15) is 0 Å². The normalized spacial score (nSPS) is 10.8. The minimum atomic E-state index is 0.0937. The lowest BCUT2D eigenvalue weighted by molar-refractivity contribution is 0.469. The molecule has 0 amide bonds. The van der Waals surface area contributed by atoms with Crippen molar-refractivity contribution >= 4 is 21.6 Å². The monoisotopic (exact) mass is 243 g/mol. The van der Waals surface area contributed by atoms with E-state index in [1.807, 2.05) is 30.3 Å². The summed E-state index contributed by atoms with van der Waals surface area (Å²) in [6.45, 7) is 0. The SMILES string of the molecule is Oc1ccc(O)c2sc(-c3ccccc3)nc12. The minimum absolute atomic E-state index is 0.0937. The first kappa shape index (κ1) is 10.1. The average molecular weight is 243 g/mol. The van der Waals surface area contributed by atoms with Gasteiger partial charge in [-0.2, -0.15) is 0 Å². The van der Waals surface area contributed by atoms with E-state index in [0.29, 0.717) is 10.2 Å². The molecule has 0 aliphatic carbocycles. The number of benzene rings is 2. The molecule has 84 valence electrons. The summed E-state index contributed by atoms with van der Waals surface area (Å²) in [5.74, 6) is 0.244. The Balaban J connectivity index is 2.27. The predicted octanol–water partition coefficient (Wildman–Crippen LogP) is 3.37. The van der Waals surface area contributed by atoms with Gasteiger partial charge >= 0.3 is 0 Å². The topological polar surface area (TPSA) is 53.4 Å². The van der Waals surface area contributed by atoms with Crippen molar-refractivity contribution in [1.29, 1.82) is 0 Å². The molecule has 2 N–H and O–H groups in total. The van der Waals surface area contributed by atoms with Gasteiger partial charge in [0.05, 0.1) is 0 Å². The first-order chi connectivity index (χ1) is 8.25. The molecule has 0 radical (unpaired) electrons. The summed E-state index contributed by atoms with van der Waals surface area (Å²) in [5, 5.41) is 20.2.